The van der Waals surface area contributed by atoms with Crippen molar-refractivity contribution in [1.29, 1.82) is 0 Å². The molecule has 67 valence electrons. The van der Waals surface area contributed by atoms with E-state index in [4.69, 9.17) is 5.73 Å². The van der Waals surface area contributed by atoms with Gasteiger partial charge in [0.25, 0.3) is 5.95 Å². The Labute approximate surface area is 75.5 Å². The number of nitrogens with one attached hydrogen (secondary N) is 1. The minimum Gasteiger partial charge on any atom is -0.359 e. The summed E-state index contributed by atoms with van der Waals surface area (Å²) in [6, 6.07) is 0. The van der Waals surface area contributed by atoms with Gasteiger partial charge in [0.05, 0.1) is 0 Å². The van der Waals surface area contributed by atoms with E-state index in [1.165, 1.54) is 0 Å². The maximum absolute atomic E-state index is 5.52. The zero-order chi connectivity index (χ0) is 9.42. The van der Waals surface area contributed by atoms with Gasteiger partial charge in [0.15, 0.2) is 5.82 Å². The first-order valence-electron chi connectivity index (χ1n) is 3.82. The molecule has 1 aliphatic heterocycles. The summed E-state index contributed by atoms with van der Waals surface area (Å²) in [7, 11) is 3.78. The minimum atomic E-state index is 0.239. The quantitative estimate of drug-likeness (QED) is 0.608. The molecule has 13 heavy (non-hydrogen) atoms. The van der Waals surface area contributed by atoms with E-state index in [0.717, 1.165) is 11.5 Å². The van der Waals surface area contributed by atoms with Crippen LogP contribution in [0.15, 0.2) is 0 Å². The fraction of sp³-hybridized carbons (Fsp3) is 0.286. The molecule has 2 rings (SSSR count). The average Bonchev–Trinajstić information content (AvgIpc) is 2.49. The second-order valence-corrected chi connectivity index (χ2v) is 2.90. The van der Waals surface area contributed by atoms with Crippen molar-refractivity contribution in [2.45, 2.75) is 0 Å². The highest BCUT2D eigenvalue weighted by molar-refractivity contribution is 5.93. The molecule has 3 N–H and O–H groups in total. The standard InChI is InChI=1S/C7H10N6/c1-13(2)6-4-5(10-3-9-4)11-7(8)12-6/h3,9H,1-2H3,(H2,8,11,12)/q+1. The maximum atomic E-state index is 5.52. The van der Waals surface area contributed by atoms with Crippen LogP contribution in [0.2, 0.25) is 0 Å². The summed E-state index contributed by atoms with van der Waals surface area (Å²) < 4.78 is 0. The molecule has 1 aliphatic rings. The van der Waals surface area contributed by atoms with Gasteiger partial charge in [-0.25, -0.2) is 0 Å². The zero-order valence-corrected chi connectivity index (χ0v) is 7.44. The molecule has 0 spiro atoms. The molecule has 2 heterocycles. The van der Waals surface area contributed by atoms with Gasteiger partial charge in [0, 0.05) is 14.1 Å². The van der Waals surface area contributed by atoms with E-state index in [0.29, 0.717) is 5.82 Å². The highest BCUT2D eigenvalue weighted by atomic mass is 15.2. The van der Waals surface area contributed by atoms with Gasteiger partial charge in [0.2, 0.25) is 12.0 Å². The number of aromatic nitrogens is 2. The number of hydrogen-bond acceptors (Lipinski definition) is 6. The number of rotatable bonds is 1. The lowest BCUT2D eigenvalue weighted by molar-refractivity contribution is 1.05. The van der Waals surface area contributed by atoms with Crippen LogP contribution >= 0.6 is 0 Å². The third-order valence-electron chi connectivity index (χ3n) is 1.71. The molecular formula is C7H10N6+. The Morgan fingerprint density at radius 3 is 2.92 bits per heavy atom. The van der Waals surface area contributed by atoms with Crippen LogP contribution in [0.4, 0.5) is 23.3 Å². The van der Waals surface area contributed by atoms with Crippen molar-refractivity contribution in [2.24, 2.45) is 0 Å². The lowest BCUT2D eigenvalue weighted by Gasteiger charge is -2.11. The van der Waals surface area contributed by atoms with E-state index in [2.05, 4.69) is 20.3 Å². The minimum absolute atomic E-state index is 0.239. The van der Waals surface area contributed by atoms with Crippen LogP contribution in [0, 0.1) is 0 Å². The van der Waals surface area contributed by atoms with Crippen LogP contribution in [0.25, 0.3) is 0 Å². The van der Waals surface area contributed by atoms with Crippen LogP contribution in [-0.2, 0) is 0 Å². The van der Waals surface area contributed by atoms with Gasteiger partial charge in [-0.3, -0.25) is 5.32 Å². The lowest BCUT2D eigenvalue weighted by Crippen LogP contribution is -2.14. The smallest absolute Gasteiger partial charge is 0.343 e. The second-order valence-electron chi connectivity index (χ2n) is 2.90. The Bertz CT molecular complexity index is 369. The van der Waals surface area contributed by atoms with E-state index in [-0.39, 0.29) is 5.95 Å². The monoisotopic (exact) mass is 178 g/mol. The molecule has 0 fully saturated rings. The Hall–Kier alpha value is -1.85. The summed E-state index contributed by atoms with van der Waals surface area (Å²) in [5.74, 6) is 1.58. The Morgan fingerprint density at radius 1 is 1.46 bits per heavy atom. The topological polar surface area (TPSA) is 81.2 Å². The number of hydrogen-bond donors (Lipinski definition) is 2. The van der Waals surface area contributed by atoms with Crippen LogP contribution in [0.3, 0.4) is 0 Å². The second kappa shape index (κ2) is 2.58. The van der Waals surface area contributed by atoms with E-state index in [9.17, 15) is 0 Å². The molecule has 6 heteroatoms. The van der Waals surface area contributed by atoms with Crippen molar-refractivity contribution >= 4 is 29.6 Å². The zero-order valence-electron chi connectivity index (χ0n) is 7.44. The van der Waals surface area contributed by atoms with E-state index in [1.807, 2.05) is 19.0 Å². The first kappa shape index (κ1) is 7.78. The Balaban J connectivity index is 2.59. The van der Waals surface area contributed by atoms with Crippen LogP contribution < -0.4 is 20.9 Å². The molecule has 0 amide bonds. The molecule has 6 nitrogen and oxygen atoms in total. The van der Waals surface area contributed by atoms with Crippen LogP contribution in [-0.4, -0.2) is 30.4 Å². The maximum Gasteiger partial charge on any atom is 0.343 e. The number of aliphatic imine (C=N–C) groups is 1. The van der Waals surface area contributed by atoms with Gasteiger partial charge in [-0.05, 0) is 0 Å². The Kier molecular flexibility index (Phi) is 1.54. The molecule has 0 saturated heterocycles. The Morgan fingerprint density at radius 2 is 2.23 bits per heavy atom. The predicted molar refractivity (Wildman–Crippen MR) is 52.3 cm³/mol. The number of nitrogens with two attached hydrogens (primary N) is 1. The van der Waals surface area contributed by atoms with Crippen molar-refractivity contribution in [3.63, 3.8) is 0 Å². The lowest BCUT2D eigenvalue weighted by atomic mass is 10.4. The van der Waals surface area contributed by atoms with Crippen LogP contribution in [0.1, 0.15) is 0 Å². The summed E-state index contributed by atoms with van der Waals surface area (Å²) in [4.78, 5) is 13.9. The normalized spacial score (nSPS) is 12.5. The third kappa shape index (κ3) is 1.16. The SMILES string of the molecule is CN(C)c1nc(N)nc2c1NC=[N+]2. The number of fused-ring (bicyclic) bond motifs is 1. The first-order valence-corrected chi connectivity index (χ1v) is 3.82. The van der Waals surface area contributed by atoms with Crippen molar-refractivity contribution in [3.8, 4) is 0 Å². The number of nitrogens with zero attached hydrogens (tertiary/aromatic N) is 4. The average molecular weight is 178 g/mol. The summed E-state index contributed by atoms with van der Waals surface area (Å²) in [6.45, 7) is 0. The molecule has 1 radical (unpaired) electrons. The van der Waals surface area contributed by atoms with Crippen molar-refractivity contribution in [2.75, 3.05) is 30.0 Å². The van der Waals surface area contributed by atoms with Gasteiger partial charge in [-0.15, -0.1) is 0 Å². The summed E-state index contributed by atoms with van der Waals surface area (Å²) >= 11 is 0. The first-order chi connectivity index (χ1) is 6.18. The molecule has 0 aliphatic carbocycles. The van der Waals surface area contributed by atoms with Gasteiger partial charge in [-0.2, -0.15) is 4.98 Å². The molecule has 0 saturated carbocycles. The highest BCUT2D eigenvalue weighted by Gasteiger charge is 2.25. The molecular weight excluding hydrogens is 168 g/mol. The molecule has 0 aromatic carbocycles. The van der Waals surface area contributed by atoms with Gasteiger partial charge < -0.3 is 10.6 Å². The van der Waals surface area contributed by atoms with Crippen molar-refractivity contribution in [3.05, 3.63) is 0 Å². The molecule has 0 unspecified atom stereocenters. The van der Waals surface area contributed by atoms with E-state index < -0.39 is 0 Å². The van der Waals surface area contributed by atoms with Gasteiger partial charge >= 0.3 is 5.82 Å². The number of anilines is 3. The largest absolute Gasteiger partial charge is 0.359 e. The molecule has 0 atom stereocenters. The highest BCUT2D eigenvalue weighted by Crippen LogP contribution is 2.30. The molecule has 1 aromatic rings. The van der Waals surface area contributed by atoms with Gasteiger partial charge in [0.1, 0.15) is 0 Å². The fourth-order valence-electron chi connectivity index (χ4n) is 1.16. The van der Waals surface area contributed by atoms with E-state index >= 15 is 0 Å². The van der Waals surface area contributed by atoms with Crippen molar-refractivity contribution < 1.29 is 0 Å². The third-order valence-corrected chi connectivity index (χ3v) is 1.71. The predicted octanol–water partition coefficient (Wildman–Crippen LogP) is -0.454. The van der Waals surface area contributed by atoms with E-state index in [1.54, 1.807) is 6.34 Å². The number of nitrogen functional groups attached to an aromatic ring is 1. The summed E-state index contributed by atoms with van der Waals surface area (Å²) in [6.07, 6.45) is 1.58. The van der Waals surface area contributed by atoms with Crippen LogP contribution in [0.5, 0.6) is 0 Å². The van der Waals surface area contributed by atoms with Crippen molar-refractivity contribution in [1.82, 2.24) is 15.0 Å². The summed E-state index contributed by atoms with van der Waals surface area (Å²) in [5.41, 5.74) is 6.32. The fourth-order valence-corrected chi connectivity index (χ4v) is 1.16. The molecule has 1 aromatic heterocycles. The molecule has 0 bridgehead atoms. The summed E-state index contributed by atoms with van der Waals surface area (Å²) in [5, 5.41) is 2.96. The van der Waals surface area contributed by atoms with Gasteiger partial charge in [-0.1, -0.05) is 9.98 Å².